The third kappa shape index (κ3) is 1.87. The number of nitrogens with two attached hydrogens (primary N) is 1. The lowest BCUT2D eigenvalue weighted by molar-refractivity contribution is 0.415. The van der Waals surface area contributed by atoms with Crippen molar-refractivity contribution < 1.29 is 4.74 Å². The van der Waals surface area contributed by atoms with Crippen molar-refractivity contribution in [3.8, 4) is 5.75 Å². The van der Waals surface area contributed by atoms with Crippen LogP contribution < -0.4 is 10.5 Å². The Morgan fingerprint density at radius 1 is 1.47 bits per heavy atom. The second-order valence-electron chi connectivity index (χ2n) is 3.37. The van der Waals surface area contributed by atoms with Gasteiger partial charge >= 0.3 is 0 Å². The van der Waals surface area contributed by atoms with Crippen LogP contribution in [0, 0.1) is 0 Å². The molecule has 4 heteroatoms. The fraction of sp³-hybridized carbons (Fsp3) is 0.273. The molecule has 0 spiro atoms. The van der Waals surface area contributed by atoms with E-state index in [9.17, 15) is 0 Å². The van der Waals surface area contributed by atoms with E-state index in [0.29, 0.717) is 6.54 Å². The summed E-state index contributed by atoms with van der Waals surface area (Å²) in [5, 5.41) is 1.14. The van der Waals surface area contributed by atoms with Crippen LogP contribution in [0.4, 0.5) is 0 Å². The highest BCUT2D eigenvalue weighted by atomic mass is 79.9. The molecule has 0 saturated carbocycles. The second kappa shape index (κ2) is 4.24. The molecule has 1 heterocycles. The number of nitrogens with one attached hydrogen (secondary N) is 1. The van der Waals surface area contributed by atoms with Gasteiger partial charge in [-0.3, -0.25) is 0 Å². The molecular formula is C11H13BrN2O. The van der Waals surface area contributed by atoms with E-state index in [-0.39, 0.29) is 0 Å². The van der Waals surface area contributed by atoms with Crippen molar-refractivity contribution in [2.45, 2.75) is 6.42 Å². The molecule has 0 radical (unpaired) electrons. The molecule has 15 heavy (non-hydrogen) atoms. The van der Waals surface area contributed by atoms with Crippen LogP contribution in [0.2, 0.25) is 0 Å². The summed E-state index contributed by atoms with van der Waals surface area (Å²) in [6.45, 7) is 0.641. The number of halogens is 1. The van der Waals surface area contributed by atoms with Crippen LogP contribution in [0.5, 0.6) is 5.75 Å². The maximum absolute atomic E-state index is 5.54. The molecule has 0 atom stereocenters. The van der Waals surface area contributed by atoms with E-state index in [2.05, 4.69) is 20.9 Å². The normalized spacial score (nSPS) is 10.9. The maximum Gasteiger partial charge on any atom is 0.119 e. The standard InChI is InChI=1S/C11H13BrN2O/c1-15-7-2-3-9-8(6-7)11(12)10(14-9)4-5-13/h2-3,6,14H,4-5,13H2,1H3. The van der Waals surface area contributed by atoms with E-state index in [1.807, 2.05) is 18.2 Å². The number of hydrogen-bond donors (Lipinski definition) is 2. The molecule has 3 N–H and O–H groups in total. The Hall–Kier alpha value is -1.00. The molecule has 1 aromatic heterocycles. The molecule has 2 aromatic rings. The molecule has 0 aliphatic rings. The van der Waals surface area contributed by atoms with E-state index in [1.54, 1.807) is 7.11 Å². The minimum absolute atomic E-state index is 0.641. The van der Waals surface area contributed by atoms with Crippen LogP contribution in [0.1, 0.15) is 5.69 Å². The van der Waals surface area contributed by atoms with Gasteiger partial charge < -0.3 is 15.5 Å². The number of aromatic amines is 1. The minimum atomic E-state index is 0.641. The van der Waals surface area contributed by atoms with Gasteiger partial charge in [0.2, 0.25) is 0 Å². The van der Waals surface area contributed by atoms with Crippen molar-refractivity contribution in [2.75, 3.05) is 13.7 Å². The number of benzene rings is 1. The highest BCUT2D eigenvalue weighted by Crippen LogP contribution is 2.30. The van der Waals surface area contributed by atoms with Crippen molar-refractivity contribution in [1.82, 2.24) is 4.98 Å². The van der Waals surface area contributed by atoms with Crippen molar-refractivity contribution >= 4 is 26.8 Å². The first-order valence-electron chi connectivity index (χ1n) is 4.80. The van der Waals surface area contributed by atoms with Crippen LogP contribution >= 0.6 is 15.9 Å². The quantitative estimate of drug-likeness (QED) is 0.899. The van der Waals surface area contributed by atoms with Crippen LogP contribution in [0.25, 0.3) is 10.9 Å². The summed E-state index contributed by atoms with van der Waals surface area (Å²) in [6.07, 6.45) is 0.845. The monoisotopic (exact) mass is 268 g/mol. The highest BCUT2D eigenvalue weighted by Gasteiger charge is 2.08. The van der Waals surface area contributed by atoms with Crippen LogP contribution in [0.15, 0.2) is 22.7 Å². The Bertz CT molecular complexity index is 479. The van der Waals surface area contributed by atoms with Gasteiger partial charge in [-0.2, -0.15) is 0 Å². The molecule has 0 unspecified atom stereocenters. The summed E-state index contributed by atoms with van der Waals surface area (Å²) >= 11 is 3.57. The molecular weight excluding hydrogens is 256 g/mol. The van der Waals surface area contributed by atoms with Gasteiger partial charge in [-0.1, -0.05) is 0 Å². The second-order valence-corrected chi connectivity index (χ2v) is 4.16. The molecule has 0 fully saturated rings. The first-order chi connectivity index (χ1) is 7.26. The number of hydrogen-bond acceptors (Lipinski definition) is 2. The van der Waals surface area contributed by atoms with Gasteiger partial charge in [0.1, 0.15) is 5.75 Å². The average molecular weight is 269 g/mol. The minimum Gasteiger partial charge on any atom is -0.497 e. The first-order valence-corrected chi connectivity index (χ1v) is 5.59. The molecule has 1 aromatic carbocycles. The number of ether oxygens (including phenoxy) is 1. The fourth-order valence-corrected chi connectivity index (χ4v) is 2.26. The van der Waals surface area contributed by atoms with Gasteiger partial charge in [-0.25, -0.2) is 0 Å². The predicted octanol–water partition coefficient (Wildman–Crippen LogP) is 2.44. The highest BCUT2D eigenvalue weighted by molar-refractivity contribution is 9.10. The van der Waals surface area contributed by atoms with Crippen LogP contribution in [-0.2, 0) is 6.42 Å². The lowest BCUT2D eigenvalue weighted by Gasteiger charge is -1.98. The number of methoxy groups -OCH3 is 1. The van der Waals surface area contributed by atoms with Crippen molar-refractivity contribution in [2.24, 2.45) is 5.73 Å². The van der Waals surface area contributed by atoms with Gasteiger partial charge in [0.25, 0.3) is 0 Å². The van der Waals surface area contributed by atoms with Gasteiger partial charge in [0.05, 0.1) is 7.11 Å². The fourth-order valence-electron chi connectivity index (χ4n) is 1.64. The summed E-state index contributed by atoms with van der Waals surface area (Å²) < 4.78 is 6.27. The summed E-state index contributed by atoms with van der Waals surface area (Å²) in [5.74, 6) is 0.862. The lowest BCUT2D eigenvalue weighted by Crippen LogP contribution is -2.03. The Balaban J connectivity index is 2.56. The molecule has 0 aliphatic carbocycles. The third-order valence-electron chi connectivity index (χ3n) is 2.41. The molecule has 80 valence electrons. The summed E-state index contributed by atoms with van der Waals surface area (Å²) in [5.41, 5.74) is 7.78. The number of H-pyrrole nitrogens is 1. The predicted molar refractivity (Wildman–Crippen MR) is 65.3 cm³/mol. The summed E-state index contributed by atoms with van der Waals surface area (Å²) in [4.78, 5) is 3.33. The molecule has 0 aliphatic heterocycles. The van der Waals surface area contributed by atoms with Gasteiger partial charge in [0.15, 0.2) is 0 Å². The van der Waals surface area contributed by atoms with E-state index in [4.69, 9.17) is 10.5 Å². The number of aromatic nitrogens is 1. The Labute approximate surface area is 96.7 Å². The van der Waals surface area contributed by atoms with Gasteiger partial charge in [-0.05, 0) is 40.7 Å². The molecule has 0 bridgehead atoms. The first kappa shape index (κ1) is 10.5. The summed E-state index contributed by atoms with van der Waals surface area (Å²) in [6, 6.07) is 5.96. The van der Waals surface area contributed by atoms with Crippen LogP contribution in [0.3, 0.4) is 0 Å². The largest absolute Gasteiger partial charge is 0.497 e. The van der Waals surface area contributed by atoms with E-state index in [1.165, 1.54) is 0 Å². The number of rotatable bonds is 3. The smallest absolute Gasteiger partial charge is 0.119 e. The zero-order valence-electron chi connectivity index (χ0n) is 8.51. The van der Waals surface area contributed by atoms with Crippen LogP contribution in [-0.4, -0.2) is 18.6 Å². The topological polar surface area (TPSA) is 51.0 Å². The molecule has 0 amide bonds. The van der Waals surface area contributed by atoms with Crippen molar-refractivity contribution in [1.29, 1.82) is 0 Å². The van der Waals surface area contributed by atoms with Gasteiger partial charge in [-0.15, -0.1) is 0 Å². The van der Waals surface area contributed by atoms with Gasteiger partial charge in [0, 0.05) is 27.5 Å². The SMILES string of the molecule is COc1ccc2[nH]c(CCN)c(Br)c2c1. The Kier molecular flexibility index (Phi) is 2.98. The van der Waals surface area contributed by atoms with Crippen molar-refractivity contribution in [3.05, 3.63) is 28.4 Å². The summed E-state index contributed by atoms with van der Waals surface area (Å²) in [7, 11) is 1.67. The molecule has 0 saturated heterocycles. The zero-order chi connectivity index (χ0) is 10.8. The third-order valence-corrected chi connectivity index (χ3v) is 3.31. The molecule has 2 rings (SSSR count). The Morgan fingerprint density at radius 3 is 2.93 bits per heavy atom. The lowest BCUT2D eigenvalue weighted by atomic mass is 10.2. The van der Waals surface area contributed by atoms with E-state index < -0.39 is 0 Å². The average Bonchev–Trinajstić information content (AvgIpc) is 2.56. The maximum atomic E-state index is 5.54. The van der Waals surface area contributed by atoms with E-state index >= 15 is 0 Å². The molecule has 3 nitrogen and oxygen atoms in total. The number of fused-ring (bicyclic) bond motifs is 1. The zero-order valence-corrected chi connectivity index (χ0v) is 10.1. The Morgan fingerprint density at radius 2 is 2.27 bits per heavy atom. The van der Waals surface area contributed by atoms with Crippen molar-refractivity contribution in [3.63, 3.8) is 0 Å². The van der Waals surface area contributed by atoms with E-state index in [0.717, 1.165) is 33.2 Å².